The number of rotatable bonds is 4. The molecule has 2 rings (SSSR count). The smallest absolute Gasteiger partial charge is 0.225 e. The average molecular weight is 281 g/mol. The van der Waals surface area contributed by atoms with Crippen molar-refractivity contribution in [3.63, 3.8) is 0 Å². The number of carbonyl (C=O) groups excluding carboxylic acids is 1. The Labute approximate surface area is 115 Å². The van der Waals surface area contributed by atoms with Crippen LogP contribution in [0.4, 0.5) is 5.00 Å². The Hall–Kier alpha value is -1.03. The van der Waals surface area contributed by atoms with Gasteiger partial charge in [0.1, 0.15) is 11.1 Å². The molecular weight excluding hydrogens is 266 g/mol. The molecule has 0 saturated heterocycles. The summed E-state index contributed by atoms with van der Waals surface area (Å²) in [4.78, 5) is 12.9. The van der Waals surface area contributed by atoms with E-state index in [-0.39, 0.29) is 5.91 Å². The summed E-state index contributed by atoms with van der Waals surface area (Å²) >= 11 is 3.17. The lowest BCUT2D eigenvalue weighted by atomic mass is 10.1. The molecule has 1 aromatic heterocycles. The van der Waals surface area contributed by atoms with Crippen LogP contribution in [0.2, 0.25) is 0 Å². The van der Waals surface area contributed by atoms with E-state index in [4.69, 9.17) is 0 Å². The van der Waals surface area contributed by atoms with Crippen molar-refractivity contribution in [1.29, 1.82) is 5.26 Å². The van der Waals surface area contributed by atoms with Gasteiger partial charge >= 0.3 is 0 Å². The second-order valence-electron chi connectivity index (χ2n) is 4.04. The van der Waals surface area contributed by atoms with Gasteiger partial charge in [-0.2, -0.15) is 17.0 Å². The van der Waals surface area contributed by atoms with E-state index in [2.05, 4.69) is 16.7 Å². The topological polar surface area (TPSA) is 64.9 Å². The zero-order valence-electron chi connectivity index (χ0n) is 10.2. The van der Waals surface area contributed by atoms with Gasteiger partial charge in [-0.15, -0.1) is 11.3 Å². The van der Waals surface area contributed by atoms with E-state index in [0.29, 0.717) is 12.0 Å². The van der Waals surface area contributed by atoms with E-state index in [1.165, 1.54) is 16.2 Å². The molecule has 0 saturated carbocycles. The Morgan fingerprint density at radius 3 is 3.22 bits per heavy atom. The minimum absolute atomic E-state index is 0.00703. The van der Waals surface area contributed by atoms with Crippen molar-refractivity contribution in [3.05, 3.63) is 16.0 Å². The van der Waals surface area contributed by atoms with Crippen LogP contribution in [-0.4, -0.2) is 24.5 Å². The first-order valence-corrected chi connectivity index (χ1v) is 8.01. The Bertz CT molecular complexity index is 490. The third-order valence-electron chi connectivity index (χ3n) is 2.83. The van der Waals surface area contributed by atoms with Crippen molar-refractivity contribution < 1.29 is 4.79 Å². The molecule has 96 valence electrons. The Kier molecular flexibility index (Phi) is 4.64. The molecule has 1 aromatic rings. The number of anilines is 1. The molecule has 0 atom stereocenters. The molecule has 0 aromatic carbocycles. The van der Waals surface area contributed by atoms with Gasteiger partial charge in [-0.05, 0) is 24.8 Å². The van der Waals surface area contributed by atoms with Gasteiger partial charge in [0, 0.05) is 23.6 Å². The predicted octanol–water partition coefficient (Wildman–Crippen LogP) is 1.96. The van der Waals surface area contributed by atoms with Gasteiger partial charge in [0.15, 0.2) is 0 Å². The number of thiophene rings is 1. The lowest BCUT2D eigenvalue weighted by Crippen LogP contribution is -2.22. The molecule has 2 heterocycles. The van der Waals surface area contributed by atoms with Crippen LogP contribution in [0.5, 0.6) is 0 Å². The Morgan fingerprint density at radius 1 is 1.67 bits per heavy atom. The average Bonchev–Trinajstić information content (AvgIpc) is 2.73. The highest BCUT2D eigenvalue weighted by molar-refractivity contribution is 7.98. The molecule has 1 aliphatic heterocycles. The summed E-state index contributed by atoms with van der Waals surface area (Å²) in [7, 11) is 0. The molecule has 0 fully saturated rings. The molecule has 2 N–H and O–H groups in total. The number of carbonyl (C=O) groups is 1. The SMILES string of the molecule is CSCCC(=O)Nc1sc2c(c1C#N)CCNC2. The third-order valence-corrected chi connectivity index (χ3v) is 4.59. The highest BCUT2D eigenvalue weighted by Crippen LogP contribution is 2.34. The highest BCUT2D eigenvalue weighted by Gasteiger charge is 2.21. The molecule has 18 heavy (non-hydrogen) atoms. The van der Waals surface area contributed by atoms with E-state index < -0.39 is 0 Å². The van der Waals surface area contributed by atoms with Crippen LogP contribution < -0.4 is 10.6 Å². The van der Waals surface area contributed by atoms with Crippen LogP contribution in [0.3, 0.4) is 0 Å². The summed E-state index contributed by atoms with van der Waals surface area (Å²) in [5.74, 6) is 0.799. The molecule has 0 radical (unpaired) electrons. The van der Waals surface area contributed by atoms with E-state index in [1.54, 1.807) is 11.8 Å². The normalized spacial score (nSPS) is 13.8. The largest absolute Gasteiger partial charge is 0.317 e. The number of hydrogen-bond acceptors (Lipinski definition) is 5. The van der Waals surface area contributed by atoms with Crippen LogP contribution in [0, 0.1) is 11.3 Å². The lowest BCUT2D eigenvalue weighted by Gasteiger charge is -2.11. The maximum Gasteiger partial charge on any atom is 0.225 e. The minimum Gasteiger partial charge on any atom is -0.317 e. The molecule has 0 aliphatic carbocycles. The van der Waals surface area contributed by atoms with E-state index in [0.717, 1.165) is 35.8 Å². The predicted molar refractivity (Wildman–Crippen MR) is 76.1 cm³/mol. The van der Waals surface area contributed by atoms with E-state index >= 15 is 0 Å². The second-order valence-corrected chi connectivity index (χ2v) is 6.13. The number of nitrogens with zero attached hydrogens (tertiary/aromatic N) is 1. The van der Waals surface area contributed by atoms with Crippen LogP contribution >= 0.6 is 23.1 Å². The van der Waals surface area contributed by atoms with Crippen LogP contribution in [0.1, 0.15) is 22.4 Å². The van der Waals surface area contributed by atoms with Gasteiger partial charge in [0.2, 0.25) is 5.91 Å². The highest BCUT2D eigenvalue weighted by atomic mass is 32.2. The first-order valence-electron chi connectivity index (χ1n) is 5.80. The molecule has 6 heteroatoms. The van der Waals surface area contributed by atoms with Crippen molar-refractivity contribution in [1.82, 2.24) is 5.32 Å². The fourth-order valence-corrected chi connectivity index (χ4v) is 3.50. The summed E-state index contributed by atoms with van der Waals surface area (Å²) in [5, 5.41) is 16.1. The van der Waals surface area contributed by atoms with Gasteiger partial charge in [0.25, 0.3) is 0 Å². The Balaban J connectivity index is 2.15. The molecular formula is C12H15N3OS2. The van der Waals surface area contributed by atoms with Gasteiger partial charge in [-0.3, -0.25) is 4.79 Å². The number of amides is 1. The maximum absolute atomic E-state index is 11.7. The maximum atomic E-state index is 11.7. The standard InChI is InChI=1S/C12H15N3OS2/c1-17-5-3-11(16)15-12-9(6-13)8-2-4-14-7-10(8)18-12/h14H,2-5,7H2,1H3,(H,15,16). The Morgan fingerprint density at radius 2 is 2.50 bits per heavy atom. The van der Waals surface area contributed by atoms with Gasteiger partial charge in [0.05, 0.1) is 5.56 Å². The van der Waals surface area contributed by atoms with Crippen molar-refractivity contribution in [3.8, 4) is 6.07 Å². The number of fused-ring (bicyclic) bond motifs is 1. The van der Waals surface area contributed by atoms with E-state index in [9.17, 15) is 10.1 Å². The first-order chi connectivity index (χ1) is 8.76. The van der Waals surface area contributed by atoms with Gasteiger partial charge in [-0.25, -0.2) is 0 Å². The van der Waals surface area contributed by atoms with Crippen LogP contribution in [0.15, 0.2) is 0 Å². The zero-order chi connectivity index (χ0) is 13.0. The zero-order valence-corrected chi connectivity index (χ0v) is 11.8. The summed E-state index contributed by atoms with van der Waals surface area (Å²) in [6.07, 6.45) is 3.34. The number of nitriles is 1. The van der Waals surface area contributed by atoms with Crippen molar-refractivity contribution >= 4 is 34.0 Å². The monoisotopic (exact) mass is 281 g/mol. The van der Waals surface area contributed by atoms with Gasteiger partial charge in [-0.1, -0.05) is 0 Å². The minimum atomic E-state index is -0.00703. The van der Waals surface area contributed by atoms with Crippen molar-refractivity contribution in [2.24, 2.45) is 0 Å². The molecule has 1 amide bonds. The third kappa shape index (κ3) is 2.86. The van der Waals surface area contributed by atoms with Crippen molar-refractivity contribution in [2.75, 3.05) is 23.9 Å². The number of nitrogens with one attached hydrogen (secondary N) is 2. The molecule has 0 spiro atoms. The molecule has 4 nitrogen and oxygen atoms in total. The summed E-state index contributed by atoms with van der Waals surface area (Å²) in [6.45, 7) is 1.70. The molecule has 0 bridgehead atoms. The number of thioether (sulfide) groups is 1. The summed E-state index contributed by atoms with van der Waals surface area (Å²) < 4.78 is 0. The quantitative estimate of drug-likeness (QED) is 0.885. The van der Waals surface area contributed by atoms with E-state index in [1.807, 2.05) is 6.26 Å². The number of hydrogen-bond donors (Lipinski definition) is 2. The van der Waals surface area contributed by atoms with Crippen molar-refractivity contribution in [2.45, 2.75) is 19.4 Å². The van der Waals surface area contributed by atoms with Gasteiger partial charge < -0.3 is 10.6 Å². The second kappa shape index (κ2) is 6.23. The van der Waals surface area contributed by atoms with Crippen LogP contribution in [-0.2, 0) is 17.8 Å². The molecule has 0 unspecified atom stereocenters. The summed E-state index contributed by atoms with van der Waals surface area (Å²) in [5.41, 5.74) is 1.77. The fourth-order valence-electron chi connectivity index (χ4n) is 1.92. The fraction of sp³-hybridized carbons (Fsp3) is 0.500. The molecule has 1 aliphatic rings. The lowest BCUT2D eigenvalue weighted by molar-refractivity contribution is -0.115. The summed E-state index contributed by atoms with van der Waals surface area (Å²) in [6, 6.07) is 2.23. The first kappa shape index (κ1) is 13.4. The van der Waals surface area contributed by atoms with Crippen LogP contribution in [0.25, 0.3) is 0 Å².